The number of hydrogen-bond donors (Lipinski definition) is 2. The molecule has 28 heavy (non-hydrogen) atoms. The number of carbonyl (C=O) groups is 3. The summed E-state index contributed by atoms with van der Waals surface area (Å²) >= 11 is 3.24. The largest absolute Gasteiger partial charge is 0.548 e. The quantitative estimate of drug-likeness (QED) is 0.369. The molecule has 0 aliphatic heterocycles. The normalized spacial score (nSPS) is 10.8. The fraction of sp³-hybridized carbons (Fsp3) is 0.0556. The van der Waals surface area contributed by atoms with E-state index in [1.165, 1.54) is 42.5 Å². The van der Waals surface area contributed by atoms with Crippen LogP contribution in [0.3, 0.4) is 0 Å². The number of carboxylic acid groups (broad SMARTS) is 1. The summed E-state index contributed by atoms with van der Waals surface area (Å²) in [6, 6.07) is 11.7. The molecule has 2 aromatic carbocycles. The molecule has 0 aliphatic rings. The molecule has 0 radical (unpaired) electrons. The maximum Gasteiger partial charge on any atom is 0.270 e. The molecule has 0 saturated heterocycles. The minimum Gasteiger partial charge on any atom is -0.548 e. The van der Waals surface area contributed by atoms with Gasteiger partial charge in [-0.2, -0.15) is 0 Å². The van der Waals surface area contributed by atoms with E-state index in [9.17, 15) is 29.6 Å². The van der Waals surface area contributed by atoms with Crippen LogP contribution in [0.1, 0.15) is 15.9 Å². The second kappa shape index (κ2) is 9.42. The van der Waals surface area contributed by atoms with E-state index in [1.807, 2.05) is 0 Å². The lowest BCUT2D eigenvalue weighted by atomic mass is 10.1. The van der Waals surface area contributed by atoms with Crippen molar-refractivity contribution >= 4 is 45.5 Å². The van der Waals surface area contributed by atoms with Gasteiger partial charge in [0, 0.05) is 22.2 Å². The molecule has 0 saturated carbocycles. The zero-order valence-electron chi connectivity index (χ0n) is 14.2. The highest BCUT2D eigenvalue weighted by atomic mass is 79.9. The summed E-state index contributed by atoms with van der Waals surface area (Å²) in [4.78, 5) is 45.5. The lowest BCUT2D eigenvalue weighted by Crippen LogP contribution is -2.41. The molecule has 0 aromatic heterocycles. The van der Waals surface area contributed by atoms with Gasteiger partial charge in [-0.15, -0.1) is 0 Å². The molecule has 0 fully saturated rings. The molecule has 0 unspecified atom stereocenters. The van der Waals surface area contributed by atoms with Crippen LogP contribution in [0.4, 0.5) is 5.69 Å². The summed E-state index contributed by atoms with van der Waals surface area (Å²) in [6.45, 7) is -0.765. The van der Waals surface area contributed by atoms with Gasteiger partial charge < -0.3 is 20.5 Å². The molecule has 2 aromatic rings. The Labute approximate surface area is 167 Å². The van der Waals surface area contributed by atoms with Crippen LogP contribution in [-0.2, 0) is 9.59 Å². The monoisotopic (exact) mass is 446 g/mol. The van der Waals surface area contributed by atoms with Gasteiger partial charge in [-0.25, -0.2) is 0 Å². The highest BCUT2D eigenvalue weighted by Gasteiger charge is 2.15. The molecular formula is C18H13BrN3O6-. The summed E-state index contributed by atoms with van der Waals surface area (Å²) in [7, 11) is 0. The zero-order chi connectivity index (χ0) is 20.7. The molecular weight excluding hydrogens is 434 g/mol. The van der Waals surface area contributed by atoms with Crippen molar-refractivity contribution in [1.29, 1.82) is 0 Å². The van der Waals surface area contributed by atoms with E-state index in [-0.39, 0.29) is 22.5 Å². The molecule has 2 amide bonds. The minimum absolute atomic E-state index is 0.206. The van der Waals surface area contributed by atoms with Crippen molar-refractivity contribution in [1.82, 2.24) is 10.6 Å². The molecule has 2 rings (SSSR count). The lowest BCUT2D eigenvalue weighted by Gasteiger charge is -2.11. The first-order valence-corrected chi connectivity index (χ1v) is 8.56. The molecule has 0 spiro atoms. The Hall–Kier alpha value is -3.53. The number of benzene rings is 2. The Morgan fingerprint density at radius 1 is 1.11 bits per heavy atom. The maximum absolute atomic E-state index is 12.4. The van der Waals surface area contributed by atoms with Gasteiger partial charge in [0.1, 0.15) is 5.70 Å². The molecule has 0 aliphatic carbocycles. The van der Waals surface area contributed by atoms with Gasteiger partial charge in [-0.1, -0.05) is 28.1 Å². The Morgan fingerprint density at radius 3 is 2.39 bits per heavy atom. The first-order valence-electron chi connectivity index (χ1n) is 7.77. The summed E-state index contributed by atoms with van der Waals surface area (Å²) in [5.41, 5.74) is 0.0295. The average molecular weight is 447 g/mol. The zero-order valence-corrected chi connectivity index (χ0v) is 15.8. The van der Waals surface area contributed by atoms with E-state index in [0.717, 1.165) is 4.47 Å². The molecule has 144 valence electrons. The average Bonchev–Trinajstić information content (AvgIpc) is 2.66. The SMILES string of the molecule is O=C([O-])CNC(=O)/C(=C/c1cccc([N+](=O)[O-])c1)NC(=O)c1ccc(Br)cc1. The fourth-order valence-corrected chi connectivity index (χ4v) is 2.36. The Kier molecular flexibility index (Phi) is 6.99. The number of aliphatic carboxylic acids is 1. The van der Waals surface area contributed by atoms with Gasteiger partial charge in [-0.3, -0.25) is 19.7 Å². The predicted octanol–water partition coefficient (Wildman–Crippen LogP) is 0.994. The van der Waals surface area contributed by atoms with Crippen molar-refractivity contribution in [3.63, 3.8) is 0 Å². The number of nitrogens with zero attached hydrogens (tertiary/aromatic N) is 1. The van der Waals surface area contributed by atoms with E-state index in [2.05, 4.69) is 26.6 Å². The Morgan fingerprint density at radius 2 is 1.79 bits per heavy atom. The Bertz CT molecular complexity index is 956. The number of carboxylic acids is 1. The van der Waals surface area contributed by atoms with Crippen molar-refractivity contribution in [3.05, 3.63) is 79.9 Å². The number of amides is 2. The van der Waals surface area contributed by atoms with E-state index in [0.29, 0.717) is 0 Å². The molecule has 0 bridgehead atoms. The van der Waals surface area contributed by atoms with Gasteiger partial charge >= 0.3 is 0 Å². The van der Waals surface area contributed by atoms with Crippen molar-refractivity contribution < 1.29 is 24.4 Å². The number of nitro groups is 1. The Balaban J connectivity index is 2.33. The van der Waals surface area contributed by atoms with E-state index in [1.54, 1.807) is 12.1 Å². The number of non-ortho nitro benzene ring substituents is 1. The number of rotatable bonds is 7. The van der Waals surface area contributed by atoms with Crippen molar-refractivity contribution in [3.8, 4) is 0 Å². The molecule has 0 atom stereocenters. The predicted molar refractivity (Wildman–Crippen MR) is 101 cm³/mol. The van der Waals surface area contributed by atoms with Crippen LogP contribution >= 0.6 is 15.9 Å². The summed E-state index contributed by atoms with van der Waals surface area (Å²) in [5, 5.41) is 25.9. The maximum atomic E-state index is 12.4. The summed E-state index contributed by atoms with van der Waals surface area (Å²) in [6.07, 6.45) is 1.20. The second-order valence-electron chi connectivity index (χ2n) is 5.43. The van der Waals surface area contributed by atoms with Gasteiger partial charge in [0.05, 0.1) is 17.4 Å². The van der Waals surface area contributed by atoms with Crippen LogP contribution in [0, 0.1) is 10.1 Å². The number of nitrogens with one attached hydrogen (secondary N) is 2. The van der Waals surface area contributed by atoms with Gasteiger partial charge in [0.15, 0.2) is 0 Å². The molecule has 9 nitrogen and oxygen atoms in total. The van der Waals surface area contributed by atoms with Crippen LogP contribution in [0.15, 0.2) is 58.7 Å². The van der Waals surface area contributed by atoms with Crippen LogP contribution in [0.25, 0.3) is 6.08 Å². The third-order valence-corrected chi connectivity index (χ3v) is 3.91. The third kappa shape index (κ3) is 6.02. The van der Waals surface area contributed by atoms with Crippen LogP contribution in [0.5, 0.6) is 0 Å². The van der Waals surface area contributed by atoms with Gasteiger partial charge in [0.2, 0.25) is 0 Å². The van der Waals surface area contributed by atoms with Crippen molar-refractivity contribution in [2.75, 3.05) is 6.54 Å². The molecule has 0 heterocycles. The number of halogens is 1. The van der Waals surface area contributed by atoms with Gasteiger partial charge in [-0.05, 0) is 35.9 Å². The second-order valence-corrected chi connectivity index (χ2v) is 6.34. The van der Waals surface area contributed by atoms with Gasteiger partial charge in [0.25, 0.3) is 17.5 Å². The van der Waals surface area contributed by atoms with Crippen LogP contribution < -0.4 is 15.7 Å². The summed E-state index contributed by atoms with van der Waals surface area (Å²) in [5.74, 6) is -3.02. The fourth-order valence-electron chi connectivity index (χ4n) is 2.10. The molecule has 2 N–H and O–H groups in total. The van der Waals surface area contributed by atoms with E-state index >= 15 is 0 Å². The topological polar surface area (TPSA) is 141 Å². The van der Waals surface area contributed by atoms with E-state index in [4.69, 9.17) is 0 Å². The number of nitro benzene ring substituents is 1. The molecule has 10 heteroatoms. The van der Waals surface area contributed by atoms with Crippen LogP contribution in [-0.4, -0.2) is 29.3 Å². The first kappa shape index (κ1) is 20.8. The number of carbonyl (C=O) groups excluding carboxylic acids is 3. The minimum atomic E-state index is -1.51. The highest BCUT2D eigenvalue weighted by molar-refractivity contribution is 9.10. The lowest BCUT2D eigenvalue weighted by molar-refractivity contribution is -0.384. The summed E-state index contributed by atoms with van der Waals surface area (Å²) < 4.78 is 0.753. The van der Waals surface area contributed by atoms with Crippen molar-refractivity contribution in [2.24, 2.45) is 0 Å². The first-order chi connectivity index (χ1) is 13.3. The van der Waals surface area contributed by atoms with Crippen LogP contribution in [0.2, 0.25) is 0 Å². The van der Waals surface area contributed by atoms with E-state index < -0.39 is 29.3 Å². The van der Waals surface area contributed by atoms with Crippen molar-refractivity contribution in [2.45, 2.75) is 0 Å². The standard InChI is InChI=1S/C18H14BrN3O6/c19-13-6-4-12(5-7-13)17(25)21-15(18(26)20-10-16(23)24)9-11-2-1-3-14(8-11)22(27)28/h1-9H,10H2,(H,20,26)(H,21,25)(H,23,24)/p-1/b15-9-. The number of hydrogen-bond acceptors (Lipinski definition) is 6. The third-order valence-electron chi connectivity index (χ3n) is 3.38. The smallest absolute Gasteiger partial charge is 0.270 e. The highest BCUT2D eigenvalue weighted by Crippen LogP contribution is 2.16.